The lowest BCUT2D eigenvalue weighted by Gasteiger charge is -2.16. The van der Waals surface area contributed by atoms with E-state index in [1.54, 1.807) is 12.3 Å². The third-order valence-corrected chi connectivity index (χ3v) is 3.99. The van der Waals surface area contributed by atoms with Crippen LogP contribution in [0.4, 0.5) is 13.2 Å². The molecule has 23 heavy (non-hydrogen) atoms. The zero-order valence-corrected chi connectivity index (χ0v) is 12.7. The number of aliphatic carboxylic acids is 1. The topological polar surface area (TPSA) is 66.7 Å². The normalized spacial score (nSPS) is 18.0. The molecule has 8 heteroatoms. The van der Waals surface area contributed by atoms with Gasteiger partial charge < -0.3 is 5.11 Å². The first-order chi connectivity index (χ1) is 10.7. The van der Waals surface area contributed by atoms with Crippen LogP contribution in [0.25, 0.3) is 0 Å². The molecule has 0 bridgehead atoms. The largest absolute Gasteiger partial charge is 0.480 e. The highest BCUT2D eigenvalue weighted by Crippen LogP contribution is 2.35. The average Bonchev–Trinajstić information content (AvgIpc) is 2.46. The van der Waals surface area contributed by atoms with E-state index in [1.165, 1.54) is 17.8 Å². The molecule has 1 aliphatic rings. The van der Waals surface area contributed by atoms with E-state index in [4.69, 9.17) is 5.11 Å². The molecule has 0 aliphatic carbocycles. The maximum Gasteiger partial charge on any atom is 0.416 e. The lowest BCUT2D eigenvalue weighted by Crippen LogP contribution is -2.26. The summed E-state index contributed by atoms with van der Waals surface area (Å²) >= 11 is 1.19. The number of nitrogens with zero attached hydrogens (tertiary/aromatic N) is 1. The highest BCUT2D eigenvalue weighted by Gasteiger charge is 2.34. The van der Waals surface area contributed by atoms with Crippen molar-refractivity contribution < 1.29 is 27.9 Å². The van der Waals surface area contributed by atoms with Crippen LogP contribution in [0.1, 0.15) is 11.1 Å². The lowest BCUT2D eigenvalue weighted by atomic mass is 9.97. The number of ketones is 1. The van der Waals surface area contributed by atoms with E-state index in [1.807, 2.05) is 0 Å². The number of carboxylic acid groups (broad SMARTS) is 1. The predicted octanol–water partition coefficient (Wildman–Crippen LogP) is 3.21. The van der Waals surface area contributed by atoms with Crippen LogP contribution in [0.5, 0.6) is 0 Å². The van der Waals surface area contributed by atoms with Crippen LogP contribution >= 0.6 is 11.8 Å². The van der Waals surface area contributed by atoms with E-state index in [2.05, 4.69) is 4.99 Å². The Morgan fingerprint density at radius 3 is 2.61 bits per heavy atom. The van der Waals surface area contributed by atoms with Gasteiger partial charge in [0.1, 0.15) is 0 Å². The quantitative estimate of drug-likeness (QED) is 0.673. The average molecular weight is 343 g/mol. The van der Waals surface area contributed by atoms with Gasteiger partial charge in [0.15, 0.2) is 11.7 Å². The molecule has 2 rings (SSSR count). The number of hydrogen-bond donors (Lipinski definition) is 1. The van der Waals surface area contributed by atoms with Gasteiger partial charge in [-0.15, -0.1) is 11.8 Å². The molecule has 1 aromatic rings. The van der Waals surface area contributed by atoms with Crippen molar-refractivity contribution in [3.63, 3.8) is 0 Å². The van der Waals surface area contributed by atoms with Crippen molar-refractivity contribution >= 4 is 29.7 Å². The Labute approximate surface area is 134 Å². The maximum atomic E-state index is 13.2. The summed E-state index contributed by atoms with van der Waals surface area (Å²) in [6.45, 7) is 0. The Hall–Kier alpha value is -2.09. The van der Waals surface area contributed by atoms with Gasteiger partial charge in [-0.3, -0.25) is 14.6 Å². The summed E-state index contributed by atoms with van der Waals surface area (Å²) in [5.74, 6) is -3.41. The van der Waals surface area contributed by atoms with Crippen LogP contribution in [0.3, 0.4) is 0 Å². The molecule has 0 aromatic heterocycles. The van der Waals surface area contributed by atoms with Gasteiger partial charge in [-0.1, -0.05) is 6.07 Å². The molecule has 0 saturated heterocycles. The van der Waals surface area contributed by atoms with Crippen molar-refractivity contribution in [2.24, 2.45) is 10.9 Å². The molecule has 0 saturated carbocycles. The summed E-state index contributed by atoms with van der Waals surface area (Å²) in [6.07, 6.45) is -1.11. The van der Waals surface area contributed by atoms with Crippen LogP contribution < -0.4 is 0 Å². The van der Waals surface area contributed by atoms with Gasteiger partial charge in [-0.25, -0.2) is 0 Å². The van der Waals surface area contributed by atoms with Gasteiger partial charge in [0.2, 0.25) is 0 Å². The summed E-state index contributed by atoms with van der Waals surface area (Å²) < 4.78 is 39.5. The second-order valence-electron chi connectivity index (χ2n) is 4.83. The number of benzene rings is 1. The van der Waals surface area contributed by atoms with Crippen molar-refractivity contribution in [2.75, 3.05) is 6.26 Å². The van der Waals surface area contributed by atoms with E-state index >= 15 is 0 Å². The maximum absolute atomic E-state index is 13.2. The van der Waals surface area contributed by atoms with Gasteiger partial charge in [0.25, 0.3) is 0 Å². The third kappa shape index (κ3) is 4.01. The van der Waals surface area contributed by atoms with E-state index in [-0.39, 0.29) is 17.7 Å². The standard InChI is InChI=1S/C15H12F3NO3S/c1-23-10-3-2-8(12(6-10)15(16,17)18)4-9-5-13(20)11(7-19-9)14(21)22/h2-3,5-7,11H,4H2,1H3,(H,21,22). The number of hydrogen-bond acceptors (Lipinski definition) is 4. The molecule has 1 unspecified atom stereocenters. The number of carboxylic acids is 1. The second-order valence-corrected chi connectivity index (χ2v) is 5.71. The van der Waals surface area contributed by atoms with Gasteiger partial charge in [-0.05, 0) is 24.0 Å². The van der Waals surface area contributed by atoms with Gasteiger partial charge in [-0.2, -0.15) is 13.2 Å². The first-order valence-corrected chi connectivity index (χ1v) is 7.70. The first-order valence-electron chi connectivity index (χ1n) is 6.48. The number of thioether (sulfide) groups is 1. The Morgan fingerprint density at radius 2 is 2.09 bits per heavy atom. The van der Waals surface area contributed by atoms with Crippen LogP contribution in [0.2, 0.25) is 0 Å². The van der Waals surface area contributed by atoms with Gasteiger partial charge in [0.05, 0.1) is 5.56 Å². The Kier molecular flexibility index (Phi) is 4.93. The summed E-state index contributed by atoms with van der Waals surface area (Å²) in [6, 6.07) is 3.96. The molecule has 1 aromatic carbocycles. The number of halogens is 3. The molecule has 0 radical (unpaired) electrons. The van der Waals surface area contributed by atoms with E-state index in [0.717, 1.165) is 18.4 Å². The minimum absolute atomic E-state index is 0.0136. The molecule has 1 atom stereocenters. The fourth-order valence-corrected chi connectivity index (χ4v) is 2.55. The summed E-state index contributed by atoms with van der Waals surface area (Å²) in [7, 11) is 0. The molecule has 1 aliphatic heterocycles. The molecule has 4 nitrogen and oxygen atoms in total. The third-order valence-electron chi connectivity index (χ3n) is 3.26. The van der Waals surface area contributed by atoms with Crippen LogP contribution in [0, 0.1) is 5.92 Å². The van der Waals surface area contributed by atoms with E-state index in [9.17, 15) is 22.8 Å². The molecular formula is C15H12F3NO3S. The molecule has 0 spiro atoms. The Balaban J connectivity index is 2.31. The van der Waals surface area contributed by atoms with Crippen LogP contribution in [-0.2, 0) is 22.2 Å². The van der Waals surface area contributed by atoms with Crippen molar-refractivity contribution in [3.05, 3.63) is 41.1 Å². The SMILES string of the molecule is CSc1ccc(CC2=CC(=O)C(C(=O)O)C=N2)c(C(F)(F)F)c1. The Bertz CT molecular complexity index is 710. The molecular weight excluding hydrogens is 331 g/mol. The van der Waals surface area contributed by atoms with Crippen molar-refractivity contribution in [3.8, 4) is 0 Å². The predicted molar refractivity (Wildman–Crippen MR) is 79.6 cm³/mol. The smallest absolute Gasteiger partial charge is 0.416 e. The molecule has 0 amide bonds. The molecule has 1 heterocycles. The van der Waals surface area contributed by atoms with Crippen LogP contribution in [0.15, 0.2) is 39.9 Å². The first kappa shape index (κ1) is 17.3. The van der Waals surface area contributed by atoms with E-state index in [0.29, 0.717) is 4.90 Å². The monoisotopic (exact) mass is 343 g/mol. The number of allylic oxidation sites excluding steroid dienone is 2. The van der Waals surface area contributed by atoms with Gasteiger partial charge in [0, 0.05) is 29.3 Å². The lowest BCUT2D eigenvalue weighted by molar-refractivity contribution is -0.142. The highest BCUT2D eigenvalue weighted by molar-refractivity contribution is 7.98. The number of carbonyl (C=O) groups is 2. The number of rotatable bonds is 4. The zero-order valence-electron chi connectivity index (χ0n) is 11.9. The minimum Gasteiger partial charge on any atom is -0.480 e. The fraction of sp³-hybridized carbons (Fsp3) is 0.267. The van der Waals surface area contributed by atoms with Crippen molar-refractivity contribution in [1.82, 2.24) is 0 Å². The Morgan fingerprint density at radius 1 is 1.39 bits per heavy atom. The number of aliphatic imine (C=N–C) groups is 1. The molecule has 1 N–H and O–H groups in total. The fourth-order valence-electron chi connectivity index (χ4n) is 2.11. The molecule has 122 valence electrons. The zero-order chi connectivity index (χ0) is 17.2. The highest BCUT2D eigenvalue weighted by atomic mass is 32.2. The number of alkyl halides is 3. The summed E-state index contributed by atoms with van der Waals surface area (Å²) in [5, 5.41) is 8.80. The van der Waals surface area contributed by atoms with Crippen molar-refractivity contribution in [1.29, 1.82) is 0 Å². The minimum atomic E-state index is -4.52. The van der Waals surface area contributed by atoms with Crippen molar-refractivity contribution in [2.45, 2.75) is 17.5 Å². The van der Waals surface area contributed by atoms with E-state index < -0.39 is 29.4 Å². The molecule has 0 fully saturated rings. The van der Waals surface area contributed by atoms with Crippen LogP contribution in [-0.4, -0.2) is 29.3 Å². The second kappa shape index (κ2) is 6.57. The summed E-state index contributed by atoms with van der Waals surface area (Å²) in [5.41, 5.74) is -0.691. The van der Waals surface area contributed by atoms with Gasteiger partial charge >= 0.3 is 12.1 Å². The summed E-state index contributed by atoms with van der Waals surface area (Å²) in [4.78, 5) is 26.7. The number of carbonyl (C=O) groups excluding carboxylic acids is 1.